The maximum absolute atomic E-state index is 5.49. The molecule has 1 heterocycles. The molecule has 18 heavy (non-hydrogen) atoms. The monoisotopic (exact) mass is 251 g/mol. The van der Waals surface area contributed by atoms with E-state index in [1.807, 2.05) is 25.1 Å². The van der Waals surface area contributed by atoms with Crippen molar-refractivity contribution in [3.05, 3.63) is 18.2 Å². The predicted octanol–water partition coefficient (Wildman–Crippen LogP) is 2.54. The Bertz CT molecular complexity index is 402. The molecule has 0 aliphatic carbocycles. The van der Waals surface area contributed by atoms with E-state index in [4.69, 9.17) is 14.2 Å². The molecule has 4 nitrogen and oxygen atoms in total. The maximum Gasteiger partial charge on any atom is 0.162 e. The molecule has 1 aromatic carbocycles. The van der Waals surface area contributed by atoms with Gasteiger partial charge in [-0.15, -0.1) is 0 Å². The number of ether oxygens (including phenoxy) is 3. The lowest BCUT2D eigenvalue weighted by Crippen LogP contribution is -2.45. The molecule has 0 bridgehead atoms. The second-order valence-electron chi connectivity index (χ2n) is 4.96. The van der Waals surface area contributed by atoms with E-state index in [0.29, 0.717) is 6.61 Å². The summed E-state index contributed by atoms with van der Waals surface area (Å²) in [7, 11) is 1.66. The first kappa shape index (κ1) is 13.0. The van der Waals surface area contributed by atoms with Crippen LogP contribution in [0.1, 0.15) is 13.8 Å². The predicted molar refractivity (Wildman–Crippen MR) is 71.6 cm³/mol. The molecule has 0 amide bonds. The first-order chi connectivity index (χ1) is 8.67. The number of benzene rings is 1. The normalized spacial score (nSPS) is 16.8. The Balaban J connectivity index is 2.00. The zero-order valence-corrected chi connectivity index (χ0v) is 11.3. The molecular weight excluding hydrogens is 230 g/mol. The van der Waals surface area contributed by atoms with E-state index < -0.39 is 0 Å². The smallest absolute Gasteiger partial charge is 0.162 e. The molecular formula is C14H21NO3. The van der Waals surface area contributed by atoms with Crippen molar-refractivity contribution in [2.75, 3.05) is 38.8 Å². The average Bonchev–Trinajstić information content (AvgIpc) is 2.35. The van der Waals surface area contributed by atoms with Crippen molar-refractivity contribution in [3.8, 4) is 11.5 Å². The van der Waals surface area contributed by atoms with Crippen molar-refractivity contribution in [3.63, 3.8) is 0 Å². The molecule has 1 N–H and O–H groups in total. The molecule has 0 aromatic heterocycles. The molecule has 0 unspecified atom stereocenters. The fourth-order valence-electron chi connectivity index (χ4n) is 1.92. The summed E-state index contributed by atoms with van der Waals surface area (Å²) in [5.74, 6) is 1.54. The van der Waals surface area contributed by atoms with Gasteiger partial charge in [0, 0.05) is 23.7 Å². The van der Waals surface area contributed by atoms with Crippen LogP contribution in [-0.2, 0) is 4.74 Å². The summed E-state index contributed by atoms with van der Waals surface area (Å²) in [5, 5.41) is 3.42. The fourth-order valence-corrected chi connectivity index (χ4v) is 1.92. The Kier molecular flexibility index (Phi) is 3.97. The van der Waals surface area contributed by atoms with Gasteiger partial charge >= 0.3 is 0 Å². The van der Waals surface area contributed by atoms with Crippen LogP contribution in [0, 0.1) is 5.41 Å². The summed E-state index contributed by atoms with van der Waals surface area (Å²) in [6.07, 6.45) is 0. The summed E-state index contributed by atoms with van der Waals surface area (Å²) in [5.41, 5.74) is 1.30. The van der Waals surface area contributed by atoms with Crippen LogP contribution in [0.5, 0.6) is 11.5 Å². The van der Waals surface area contributed by atoms with Crippen LogP contribution < -0.4 is 14.8 Å². The molecule has 0 radical (unpaired) electrons. The molecule has 2 rings (SSSR count). The van der Waals surface area contributed by atoms with Crippen LogP contribution in [0.15, 0.2) is 18.2 Å². The molecule has 0 saturated carbocycles. The Morgan fingerprint density at radius 2 is 2.11 bits per heavy atom. The number of hydrogen-bond acceptors (Lipinski definition) is 4. The second-order valence-corrected chi connectivity index (χ2v) is 4.96. The maximum atomic E-state index is 5.49. The summed E-state index contributed by atoms with van der Waals surface area (Å²) >= 11 is 0. The highest BCUT2D eigenvalue weighted by Crippen LogP contribution is 2.32. The van der Waals surface area contributed by atoms with Gasteiger partial charge in [-0.3, -0.25) is 0 Å². The highest BCUT2D eigenvalue weighted by molar-refractivity contribution is 5.54. The van der Waals surface area contributed by atoms with E-state index in [-0.39, 0.29) is 5.41 Å². The van der Waals surface area contributed by atoms with Crippen LogP contribution >= 0.6 is 0 Å². The summed E-state index contributed by atoms with van der Waals surface area (Å²) in [6, 6.07) is 5.91. The third-order valence-electron chi connectivity index (χ3n) is 3.08. The molecule has 0 atom stereocenters. The Morgan fingerprint density at radius 1 is 1.33 bits per heavy atom. The van der Waals surface area contributed by atoms with E-state index in [1.54, 1.807) is 7.11 Å². The molecule has 1 aromatic rings. The number of methoxy groups -OCH3 is 1. The van der Waals surface area contributed by atoms with E-state index >= 15 is 0 Å². The van der Waals surface area contributed by atoms with Crippen LogP contribution in [0.4, 0.5) is 5.69 Å². The largest absolute Gasteiger partial charge is 0.493 e. The van der Waals surface area contributed by atoms with Gasteiger partial charge < -0.3 is 19.5 Å². The molecule has 0 spiro atoms. The van der Waals surface area contributed by atoms with Crippen molar-refractivity contribution >= 4 is 5.69 Å². The average molecular weight is 251 g/mol. The Labute approximate surface area is 108 Å². The quantitative estimate of drug-likeness (QED) is 0.843. The minimum atomic E-state index is 0.256. The van der Waals surface area contributed by atoms with E-state index in [9.17, 15) is 0 Å². The van der Waals surface area contributed by atoms with Gasteiger partial charge in [0.25, 0.3) is 0 Å². The van der Waals surface area contributed by atoms with Gasteiger partial charge in [0.15, 0.2) is 11.5 Å². The zero-order chi connectivity index (χ0) is 13.0. The highest BCUT2D eigenvalue weighted by atomic mass is 16.5. The third-order valence-corrected chi connectivity index (χ3v) is 3.08. The second kappa shape index (κ2) is 5.48. The standard InChI is InChI=1S/C14H21NO3/c1-4-18-12-6-5-11(7-13(12)16-3)15-8-14(2)9-17-10-14/h5-7,15H,4,8-10H2,1-3H3. The van der Waals surface area contributed by atoms with Gasteiger partial charge in [-0.25, -0.2) is 0 Å². The zero-order valence-electron chi connectivity index (χ0n) is 11.3. The topological polar surface area (TPSA) is 39.7 Å². The lowest BCUT2D eigenvalue weighted by atomic mass is 9.89. The molecule has 1 aliphatic heterocycles. The van der Waals surface area contributed by atoms with Gasteiger partial charge in [0.05, 0.1) is 26.9 Å². The molecule has 1 fully saturated rings. The molecule has 1 saturated heterocycles. The number of anilines is 1. The van der Waals surface area contributed by atoms with Gasteiger partial charge in [-0.05, 0) is 19.1 Å². The molecule has 1 aliphatic rings. The molecule has 4 heteroatoms. The third kappa shape index (κ3) is 2.88. The minimum Gasteiger partial charge on any atom is -0.493 e. The highest BCUT2D eigenvalue weighted by Gasteiger charge is 2.32. The van der Waals surface area contributed by atoms with Crippen molar-refractivity contribution in [2.24, 2.45) is 5.41 Å². The lowest BCUT2D eigenvalue weighted by molar-refractivity contribution is -0.0924. The van der Waals surface area contributed by atoms with Crippen molar-refractivity contribution < 1.29 is 14.2 Å². The number of rotatable bonds is 6. The van der Waals surface area contributed by atoms with Crippen molar-refractivity contribution in [1.82, 2.24) is 0 Å². The van der Waals surface area contributed by atoms with Gasteiger partial charge in [0.2, 0.25) is 0 Å². The Hall–Kier alpha value is -1.42. The number of hydrogen-bond donors (Lipinski definition) is 1. The van der Waals surface area contributed by atoms with Crippen molar-refractivity contribution in [2.45, 2.75) is 13.8 Å². The van der Waals surface area contributed by atoms with Gasteiger partial charge in [-0.1, -0.05) is 6.92 Å². The minimum absolute atomic E-state index is 0.256. The fraction of sp³-hybridized carbons (Fsp3) is 0.571. The van der Waals surface area contributed by atoms with Crippen LogP contribution in [0.25, 0.3) is 0 Å². The van der Waals surface area contributed by atoms with Crippen LogP contribution in [0.2, 0.25) is 0 Å². The Morgan fingerprint density at radius 3 is 2.67 bits per heavy atom. The first-order valence-electron chi connectivity index (χ1n) is 6.29. The van der Waals surface area contributed by atoms with Crippen LogP contribution in [-0.4, -0.2) is 33.5 Å². The molecule has 100 valence electrons. The van der Waals surface area contributed by atoms with Gasteiger partial charge in [-0.2, -0.15) is 0 Å². The lowest BCUT2D eigenvalue weighted by Gasteiger charge is -2.38. The summed E-state index contributed by atoms with van der Waals surface area (Å²) in [6.45, 7) is 7.38. The van der Waals surface area contributed by atoms with E-state index in [0.717, 1.165) is 36.9 Å². The van der Waals surface area contributed by atoms with E-state index in [1.165, 1.54) is 0 Å². The number of nitrogens with one attached hydrogen (secondary N) is 1. The summed E-state index contributed by atoms with van der Waals surface area (Å²) < 4.78 is 16.0. The van der Waals surface area contributed by atoms with Gasteiger partial charge in [0.1, 0.15) is 0 Å². The van der Waals surface area contributed by atoms with E-state index in [2.05, 4.69) is 12.2 Å². The summed E-state index contributed by atoms with van der Waals surface area (Å²) in [4.78, 5) is 0. The van der Waals surface area contributed by atoms with Crippen molar-refractivity contribution in [1.29, 1.82) is 0 Å². The SMILES string of the molecule is CCOc1ccc(NCC2(C)COC2)cc1OC. The van der Waals surface area contributed by atoms with Crippen LogP contribution in [0.3, 0.4) is 0 Å². The first-order valence-corrected chi connectivity index (χ1v) is 6.29.